The van der Waals surface area contributed by atoms with Gasteiger partial charge in [0.1, 0.15) is 16.5 Å². The Morgan fingerprint density at radius 3 is 2.71 bits per heavy atom. The van der Waals surface area contributed by atoms with Crippen molar-refractivity contribution in [3.05, 3.63) is 59.7 Å². The van der Waals surface area contributed by atoms with Crippen LogP contribution in [-0.2, 0) is 12.5 Å². The minimum atomic E-state index is -0.785. The van der Waals surface area contributed by atoms with Crippen molar-refractivity contribution in [1.82, 2.24) is 34.9 Å². The summed E-state index contributed by atoms with van der Waals surface area (Å²) in [4.78, 5) is 11.5. The van der Waals surface area contributed by atoms with Crippen LogP contribution in [-0.4, -0.2) is 40.0 Å². The highest BCUT2D eigenvalue weighted by atomic mass is 35.5. The highest BCUT2D eigenvalue weighted by Crippen LogP contribution is 2.38. The van der Waals surface area contributed by atoms with Crippen molar-refractivity contribution < 1.29 is 9.52 Å². The predicted molar refractivity (Wildman–Crippen MR) is 115 cm³/mol. The van der Waals surface area contributed by atoms with Gasteiger partial charge >= 0.3 is 0 Å². The summed E-state index contributed by atoms with van der Waals surface area (Å²) in [5.74, 6) is 0.691. The standard InChI is InChI=1S/C21H18ClN7O2/c1-21(2,15-5-17(22)23-9-16(15)30)20-28-27-19(31-20)14-8-25-18-13(14)4-11(6-24-18)12-7-26-29(3)10-12/h4-10,30H,1-3H3,(H,24,25). The van der Waals surface area contributed by atoms with E-state index < -0.39 is 5.41 Å². The fraction of sp³-hybridized carbons (Fsp3) is 0.190. The molecule has 5 rings (SSSR count). The molecule has 0 saturated carbocycles. The first-order valence-electron chi connectivity index (χ1n) is 9.48. The molecule has 0 atom stereocenters. The van der Waals surface area contributed by atoms with Crippen LogP contribution in [0, 0.1) is 0 Å². The molecule has 0 aliphatic heterocycles. The number of nitrogens with one attached hydrogen (secondary N) is 1. The number of H-pyrrole nitrogens is 1. The smallest absolute Gasteiger partial charge is 0.249 e. The van der Waals surface area contributed by atoms with Crippen molar-refractivity contribution in [1.29, 1.82) is 0 Å². The molecule has 0 saturated heterocycles. The largest absolute Gasteiger partial charge is 0.506 e. The van der Waals surface area contributed by atoms with Crippen molar-refractivity contribution in [2.75, 3.05) is 0 Å². The summed E-state index contributed by atoms with van der Waals surface area (Å²) in [5.41, 5.74) is 3.09. The lowest BCUT2D eigenvalue weighted by Crippen LogP contribution is -2.20. The maximum atomic E-state index is 10.3. The normalized spacial score (nSPS) is 12.0. The number of aromatic amines is 1. The molecule has 0 bridgehead atoms. The van der Waals surface area contributed by atoms with Gasteiger partial charge in [0.2, 0.25) is 11.8 Å². The number of fused-ring (bicyclic) bond motifs is 1. The number of aryl methyl sites for hydroxylation is 1. The molecule has 0 spiro atoms. The molecule has 0 aliphatic rings. The number of aromatic nitrogens is 7. The Kier molecular flexibility index (Phi) is 4.30. The summed E-state index contributed by atoms with van der Waals surface area (Å²) in [7, 11) is 1.87. The van der Waals surface area contributed by atoms with E-state index >= 15 is 0 Å². The Balaban J connectivity index is 1.57. The van der Waals surface area contributed by atoms with Gasteiger partial charge in [0.05, 0.1) is 23.4 Å². The molecule has 2 N–H and O–H groups in total. The Labute approximate surface area is 181 Å². The quantitative estimate of drug-likeness (QED) is 0.408. The Morgan fingerprint density at radius 1 is 1.10 bits per heavy atom. The lowest BCUT2D eigenvalue weighted by Gasteiger charge is -2.21. The minimum absolute atomic E-state index is 0.00607. The van der Waals surface area contributed by atoms with Crippen molar-refractivity contribution in [2.24, 2.45) is 7.05 Å². The van der Waals surface area contributed by atoms with Gasteiger partial charge in [-0.2, -0.15) is 5.10 Å². The molecule has 0 fully saturated rings. The van der Waals surface area contributed by atoms with Crippen LogP contribution < -0.4 is 0 Å². The van der Waals surface area contributed by atoms with E-state index in [-0.39, 0.29) is 10.9 Å². The van der Waals surface area contributed by atoms with Crippen LogP contribution in [0.5, 0.6) is 5.75 Å². The molecule has 31 heavy (non-hydrogen) atoms. The van der Waals surface area contributed by atoms with Gasteiger partial charge in [-0.1, -0.05) is 11.6 Å². The molecule has 5 aromatic heterocycles. The molecule has 5 heterocycles. The Hall–Kier alpha value is -3.72. The second-order valence-electron chi connectivity index (χ2n) is 7.79. The van der Waals surface area contributed by atoms with Gasteiger partial charge in [0, 0.05) is 47.7 Å². The third-order valence-corrected chi connectivity index (χ3v) is 5.49. The van der Waals surface area contributed by atoms with E-state index in [1.807, 2.05) is 33.2 Å². The molecule has 5 aromatic rings. The van der Waals surface area contributed by atoms with Crippen LogP contribution in [0.4, 0.5) is 0 Å². The molecular weight excluding hydrogens is 418 g/mol. The van der Waals surface area contributed by atoms with Gasteiger partial charge in [-0.25, -0.2) is 9.97 Å². The topological polar surface area (TPSA) is 119 Å². The minimum Gasteiger partial charge on any atom is -0.506 e. The highest BCUT2D eigenvalue weighted by molar-refractivity contribution is 6.29. The summed E-state index contributed by atoms with van der Waals surface area (Å²) < 4.78 is 7.78. The number of nitrogens with zero attached hydrogens (tertiary/aromatic N) is 6. The molecule has 0 aromatic carbocycles. The van der Waals surface area contributed by atoms with Gasteiger partial charge < -0.3 is 14.5 Å². The summed E-state index contributed by atoms with van der Waals surface area (Å²) in [6.07, 6.45) is 8.60. The summed E-state index contributed by atoms with van der Waals surface area (Å²) in [6.45, 7) is 3.74. The van der Waals surface area contributed by atoms with Crippen LogP contribution in [0.2, 0.25) is 5.15 Å². The van der Waals surface area contributed by atoms with Gasteiger partial charge in [0.25, 0.3) is 0 Å². The SMILES string of the molecule is Cn1cc(-c2cnc3[nH]cc(-c4nnc(C(C)(C)c5cc(Cl)ncc5O)o4)c3c2)cn1. The zero-order valence-electron chi connectivity index (χ0n) is 17.0. The molecular formula is C21H18ClN7O2. The van der Waals surface area contributed by atoms with Crippen LogP contribution in [0.3, 0.4) is 0 Å². The highest BCUT2D eigenvalue weighted by Gasteiger charge is 2.33. The second kappa shape index (κ2) is 6.92. The number of hydrogen-bond donors (Lipinski definition) is 2. The number of pyridine rings is 2. The molecule has 0 aliphatic carbocycles. The predicted octanol–water partition coefficient (Wildman–Crippen LogP) is 4.09. The molecule has 0 unspecified atom stereocenters. The van der Waals surface area contributed by atoms with E-state index in [4.69, 9.17) is 16.0 Å². The summed E-state index contributed by atoms with van der Waals surface area (Å²) in [5, 5.41) is 24.1. The maximum absolute atomic E-state index is 10.3. The first-order chi connectivity index (χ1) is 14.8. The first kappa shape index (κ1) is 19.3. The molecule has 0 radical (unpaired) electrons. The van der Waals surface area contributed by atoms with Crippen molar-refractivity contribution in [2.45, 2.75) is 19.3 Å². The van der Waals surface area contributed by atoms with Gasteiger partial charge in [-0.3, -0.25) is 4.68 Å². The van der Waals surface area contributed by atoms with Gasteiger partial charge in [-0.15, -0.1) is 10.2 Å². The molecule has 9 nitrogen and oxygen atoms in total. The van der Waals surface area contributed by atoms with Crippen molar-refractivity contribution in [3.63, 3.8) is 0 Å². The monoisotopic (exact) mass is 435 g/mol. The average molecular weight is 436 g/mol. The van der Waals surface area contributed by atoms with Crippen LogP contribution >= 0.6 is 11.6 Å². The first-order valence-corrected chi connectivity index (χ1v) is 9.86. The number of halogens is 1. The van der Waals surface area contributed by atoms with Gasteiger partial charge in [0.15, 0.2) is 0 Å². The van der Waals surface area contributed by atoms with Crippen LogP contribution in [0.25, 0.3) is 33.6 Å². The van der Waals surface area contributed by atoms with Crippen molar-refractivity contribution in [3.8, 4) is 28.3 Å². The van der Waals surface area contributed by atoms with Gasteiger partial charge in [-0.05, 0) is 26.0 Å². The van der Waals surface area contributed by atoms with Crippen molar-refractivity contribution >= 4 is 22.6 Å². The number of rotatable bonds is 4. The number of aromatic hydroxyl groups is 1. The van der Waals surface area contributed by atoms with E-state index in [2.05, 4.69) is 30.2 Å². The fourth-order valence-electron chi connectivity index (χ4n) is 3.53. The van der Waals surface area contributed by atoms with E-state index in [0.717, 1.165) is 22.1 Å². The van der Waals surface area contributed by atoms with E-state index in [9.17, 15) is 5.11 Å². The summed E-state index contributed by atoms with van der Waals surface area (Å²) in [6, 6.07) is 3.60. The van der Waals surface area contributed by atoms with Crippen LogP contribution in [0.15, 0.2) is 47.5 Å². The fourth-order valence-corrected chi connectivity index (χ4v) is 3.69. The number of hydrogen-bond acceptors (Lipinski definition) is 7. The zero-order chi connectivity index (χ0) is 21.8. The third kappa shape index (κ3) is 3.23. The molecule has 0 amide bonds. The third-order valence-electron chi connectivity index (χ3n) is 5.28. The van der Waals surface area contributed by atoms with E-state index in [1.165, 1.54) is 6.20 Å². The summed E-state index contributed by atoms with van der Waals surface area (Å²) >= 11 is 6.02. The Bertz CT molecular complexity index is 1420. The van der Waals surface area contributed by atoms with E-state index in [1.54, 1.807) is 29.3 Å². The van der Waals surface area contributed by atoms with Crippen LogP contribution in [0.1, 0.15) is 25.3 Å². The van der Waals surface area contributed by atoms with E-state index in [0.29, 0.717) is 23.0 Å². The zero-order valence-corrected chi connectivity index (χ0v) is 17.7. The maximum Gasteiger partial charge on any atom is 0.249 e. The lowest BCUT2D eigenvalue weighted by atomic mass is 9.84. The lowest BCUT2D eigenvalue weighted by molar-refractivity contribution is 0.397. The second-order valence-corrected chi connectivity index (χ2v) is 8.17. The Morgan fingerprint density at radius 2 is 1.94 bits per heavy atom. The molecule has 156 valence electrons. The average Bonchev–Trinajstić information content (AvgIpc) is 3.48. The molecule has 10 heteroatoms.